The van der Waals surface area contributed by atoms with Crippen LogP contribution in [-0.2, 0) is 0 Å². The van der Waals surface area contributed by atoms with Crippen molar-refractivity contribution >= 4 is 12.6 Å². The maximum absolute atomic E-state index is 11.5. The highest BCUT2D eigenvalue weighted by Gasteiger charge is 2.02. The lowest BCUT2D eigenvalue weighted by molar-refractivity contribution is 0.881. The average Bonchev–Trinajstić information content (AvgIpc) is 2.20. The van der Waals surface area contributed by atoms with Crippen molar-refractivity contribution in [2.45, 2.75) is 4.90 Å². The fourth-order valence-corrected chi connectivity index (χ4v) is 1.54. The van der Waals surface area contributed by atoms with E-state index in [1.54, 1.807) is 18.2 Å². The fraction of sp³-hybridized carbons (Fsp3) is 0. The third kappa shape index (κ3) is 1.87. The summed E-state index contributed by atoms with van der Waals surface area (Å²) in [4.78, 5) is 25.2. The van der Waals surface area contributed by atoms with Crippen LogP contribution in [0.4, 0.5) is 0 Å². The van der Waals surface area contributed by atoms with E-state index < -0.39 is 11.2 Å². The summed E-state index contributed by atoms with van der Waals surface area (Å²) < 4.78 is 1.34. The number of aromatic nitrogens is 2. The molecule has 0 unspecified atom stereocenters. The van der Waals surface area contributed by atoms with Crippen molar-refractivity contribution in [3.05, 3.63) is 57.4 Å². The summed E-state index contributed by atoms with van der Waals surface area (Å²) >= 11 is 4.23. The third-order valence-electron chi connectivity index (χ3n) is 1.97. The monoisotopic (exact) mass is 220 g/mol. The van der Waals surface area contributed by atoms with Gasteiger partial charge < -0.3 is 0 Å². The first kappa shape index (κ1) is 9.79. The largest absolute Gasteiger partial charge is 0.332 e. The molecule has 0 radical (unpaired) electrons. The van der Waals surface area contributed by atoms with Gasteiger partial charge in [0.1, 0.15) is 0 Å². The van der Waals surface area contributed by atoms with Crippen LogP contribution in [0.1, 0.15) is 0 Å². The smallest absolute Gasteiger partial charge is 0.274 e. The van der Waals surface area contributed by atoms with Gasteiger partial charge in [0.2, 0.25) is 0 Å². The van der Waals surface area contributed by atoms with E-state index in [-0.39, 0.29) is 0 Å². The van der Waals surface area contributed by atoms with Crippen molar-refractivity contribution in [2.75, 3.05) is 0 Å². The Morgan fingerprint density at radius 1 is 1.13 bits per heavy atom. The molecule has 0 saturated heterocycles. The molecule has 1 aromatic heterocycles. The van der Waals surface area contributed by atoms with Crippen LogP contribution in [0.3, 0.4) is 0 Å². The fourth-order valence-electron chi connectivity index (χ4n) is 1.27. The van der Waals surface area contributed by atoms with Gasteiger partial charge in [-0.05, 0) is 12.1 Å². The number of H-pyrrole nitrogens is 1. The van der Waals surface area contributed by atoms with Crippen molar-refractivity contribution in [1.29, 1.82) is 0 Å². The summed E-state index contributed by atoms with van der Waals surface area (Å²) in [5, 5.41) is 0. The van der Waals surface area contributed by atoms with Crippen molar-refractivity contribution in [2.24, 2.45) is 0 Å². The van der Waals surface area contributed by atoms with Gasteiger partial charge in [0.15, 0.2) is 0 Å². The molecule has 2 rings (SSSR count). The highest BCUT2D eigenvalue weighted by molar-refractivity contribution is 7.80. The predicted molar refractivity (Wildman–Crippen MR) is 59.9 cm³/mol. The molecule has 1 N–H and O–H groups in total. The number of para-hydroxylation sites is 1. The van der Waals surface area contributed by atoms with Gasteiger partial charge >= 0.3 is 5.69 Å². The predicted octanol–water partition coefficient (Wildman–Crippen LogP) is 0.815. The number of aromatic amines is 1. The maximum atomic E-state index is 11.5. The molecule has 0 amide bonds. The summed E-state index contributed by atoms with van der Waals surface area (Å²) in [6.07, 6.45) is 1.43. The number of benzene rings is 1. The number of nitrogens with zero attached hydrogens (tertiary/aromatic N) is 1. The van der Waals surface area contributed by atoms with Gasteiger partial charge in [0, 0.05) is 17.2 Å². The zero-order valence-corrected chi connectivity index (χ0v) is 8.57. The van der Waals surface area contributed by atoms with E-state index in [0.29, 0.717) is 10.6 Å². The normalized spacial score (nSPS) is 10.2. The van der Waals surface area contributed by atoms with E-state index in [2.05, 4.69) is 17.6 Å². The molecule has 0 atom stereocenters. The Morgan fingerprint density at radius 2 is 1.87 bits per heavy atom. The van der Waals surface area contributed by atoms with Gasteiger partial charge in [-0.15, -0.1) is 12.6 Å². The summed E-state index contributed by atoms with van der Waals surface area (Å²) in [5.41, 5.74) is -0.237. The molecule has 4 nitrogen and oxygen atoms in total. The van der Waals surface area contributed by atoms with Gasteiger partial charge in [-0.1, -0.05) is 12.1 Å². The van der Waals surface area contributed by atoms with Crippen LogP contribution < -0.4 is 11.2 Å². The third-order valence-corrected chi connectivity index (χ3v) is 2.34. The van der Waals surface area contributed by atoms with Gasteiger partial charge in [-0.25, -0.2) is 4.79 Å². The summed E-state index contributed by atoms with van der Waals surface area (Å²) in [5.74, 6) is 0. The molecule has 0 aliphatic heterocycles. The van der Waals surface area contributed by atoms with Gasteiger partial charge in [0.25, 0.3) is 5.56 Å². The number of hydrogen-bond acceptors (Lipinski definition) is 3. The van der Waals surface area contributed by atoms with Crippen LogP contribution >= 0.6 is 12.6 Å². The molecule has 15 heavy (non-hydrogen) atoms. The second-order valence-electron chi connectivity index (χ2n) is 2.97. The zero-order valence-electron chi connectivity index (χ0n) is 7.68. The van der Waals surface area contributed by atoms with E-state index in [0.717, 1.165) is 0 Å². The highest BCUT2D eigenvalue weighted by Crippen LogP contribution is 2.15. The van der Waals surface area contributed by atoms with Crippen LogP contribution in [-0.4, -0.2) is 9.55 Å². The van der Waals surface area contributed by atoms with Gasteiger partial charge in [0.05, 0.1) is 5.69 Å². The maximum Gasteiger partial charge on any atom is 0.332 e. The minimum Gasteiger partial charge on any atom is -0.274 e. The first-order chi connectivity index (χ1) is 7.18. The Bertz CT molecular complexity index is 601. The molecule has 76 valence electrons. The SMILES string of the molecule is O=c1ccn(-c2ccccc2S)c(=O)[nH]1. The minimum absolute atomic E-state index is 0.409. The van der Waals surface area contributed by atoms with Crippen molar-refractivity contribution in [3.8, 4) is 5.69 Å². The number of hydrogen-bond donors (Lipinski definition) is 2. The Hall–Kier alpha value is -1.75. The molecule has 0 spiro atoms. The highest BCUT2D eigenvalue weighted by atomic mass is 32.1. The van der Waals surface area contributed by atoms with Crippen LogP contribution in [0, 0.1) is 0 Å². The molecule has 0 saturated carbocycles. The second-order valence-corrected chi connectivity index (χ2v) is 3.45. The van der Waals surface area contributed by atoms with Crippen LogP contribution in [0.15, 0.2) is 51.0 Å². The van der Waals surface area contributed by atoms with Crippen LogP contribution in [0.2, 0.25) is 0 Å². The summed E-state index contributed by atoms with van der Waals surface area (Å²) in [6, 6.07) is 8.44. The van der Waals surface area contributed by atoms with E-state index >= 15 is 0 Å². The molecule has 0 aliphatic rings. The Balaban J connectivity index is 2.70. The van der Waals surface area contributed by atoms with Crippen molar-refractivity contribution in [3.63, 3.8) is 0 Å². The molecule has 0 fully saturated rings. The standard InChI is InChI=1S/C10H8N2O2S/c13-9-5-6-12(10(14)11-9)7-3-1-2-4-8(7)15/h1-6,15H,(H,11,13,14). The Kier molecular flexibility index (Phi) is 2.47. The average molecular weight is 220 g/mol. The first-order valence-electron chi connectivity index (χ1n) is 4.29. The summed E-state index contributed by atoms with van der Waals surface area (Å²) in [6.45, 7) is 0. The lowest BCUT2D eigenvalue weighted by atomic mass is 10.3. The summed E-state index contributed by atoms with van der Waals surface area (Å²) in [7, 11) is 0. The lowest BCUT2D eigenvalue weighted by Crippen LogP contribution is -2.27. The molecule has 0 aliphatic carbocycles. The van der Waals surface area contributed by atoms with Crippen molar-refractivity contribution in [1.82, 2.24) is 9.55 Å². The van der Waals surface area contributed by atoms with E-state index in [4.69, 9.17) is 0 Å². The molecule has 1 heterocycles. The van der Waals surface area contributed by atoms with Crippen molar-refractivity contribution < 1.29 is 0 Å². The number of nitrogens with one attached hydrogen (secondary N) is 1. The lowest BCUT2D eigenvalue weighted by Gasteiger charge is -2.06. The van der Waals surface area contributed by atoms with Gasteiger partial charge in [-0.3, -0.25) is 14.3 Å². The molecule has 1 aromatic carbocycles. The van der Waals surface area contributed by atoms with Gasteiger partial charge in [-0.2, -0.15) is 0 Å². The molecule has 2 aromatic rings. The number of thiol groups is 1. The zero-order chi connectivity index (χ0) is 10.8. The quantitative estimate of drug-likeness (QED) is 0.699. The van der Waals surface area contributed by atoms with E-state index in [1.807, 2.05) is 6.07 Å². The molecule has 5 heteroatoms. The Morgan fingerprint density at radius 3 is 2.53 bits per heavy atom. The minimum atomic E-state index is -0.469. The number of rotatable bonds is 1. The molecular formula is C10H8N2O2S. The van der Waals surface area contributed by atoms with E-state index in [1.165, 1.54) is 16.8 Å². The second kappa shape index (κ2) is 3.78. The first-order valence-corrected chi connectivity index (χ1v) is 4.73. The topological polar surface area (TPSA) is 54.9 Å². The van der Waals surface area contributed by atoms with Crippen LogP contribution in [0.25, 0.3) is 5.69 Å². The van der Waals surface area contributed by atoms with Crippen LogP contribution in [0.5, 0.6) is 0 Å². The Labute approximate surface area is 90.6 Å². The molecular weight excluding hydrogens is 212 g/mol. The van der Waals surface area contributed by atoms with E-state index in [9.17, 15) is 9.59 Å². The molecule has 0 bridgehead atoms.